The van der Waals surface area contributed by atoms with Crippen LogP contribution in [0.5, 0.6) is 0 Å². The van der Waals surface area contributed by atoms with Crippen LogP contribution in [-0.4, -0.2) is 17.6 Å². The second-order valence-corrected chi connectivity index (χ2v) is 4.61. The number of carbonyl (C=O) groups excluding carboxylic acids is 1. The number of nitrogens with zero attached hydrogens (tertiary/aromatic N) is 1. The Bertz CT molecular complexity index is 576. The van der Waals surface area contributed by atoms with Crippen molar-refractivity contribution in [3.63, 3.8) is 0 Å². The molecule has 2 rings (SSSR count). The van der Waals surface area contributed by atoms with Crippen molar-refractivity contribution in [1.82, 2.24) is 4.98 Å². The number of esters is 1. The number of ether oxygens (including phenoxy) is 1. The molecule has 0 aliphatic rings. The first kappa shape index (κ1) is 12.0. The van der Waals surface area contributed by atoms with Gasteiger partial charge in [0.15, 0.2) is 0 Å². The summed E-state index contributed by atoms with van der Waals surface area (Å²) in [5.74, 6) is -0.301. The molecule has 1 aromatic carbocycles. The summed E-state index contributed by atoms with van der Waals surface area (Å²) in [5.41, 5.74) is 2.17. The molecule has 0 saturated carbocycles. The highest BCUT2D eigenvalue weighted by molar-refractivity contribution is 9.10. The zero-order chi connectivity index (χ0) is 12.4. The topological polar surface area (TPSA) is 39.2 Å². The first-order valence-corrected chi connectivity index (χ1v) is 6.15. The van der Waals surface area contributed by atoms with Crippen LogP contribution in [0.4, 0.5) is 0 Å². The van der Waals surface area contributed by atoms with Crippen LogP contribution in [0.2, 0.25) is 0 Å². The third kappa shape index (κ3) is 2.47. The van der Waals surface area contributed by atoms with Crippen LogP contribution < -0.4 is 0 Å². The monoisotopic (exact) mass is 293 g/mol. The van der Waals surface area contributed by atoms with Gasteiger partial charge in [0.05, 0.1) is 17.7 Å². The van der Waals surface area contributed by atoms with Gasteiger partial charge in [0.2, 0.25) is 0 Å². The van der Waals surface area contributed by atoms with Crippen molar-refractivity contribution < 1.29 is 9.53 Å². The van der Waals surface area contributed by atoms with Crippen LogP contribution in [0.15, 0.2) is 28.7 Å². The van der Waals surface area contributed by atoms with Gasteiger partial charge in [-0.3, -0.25) is 4.98 Å². The van der Waals surface area contributed by atoms with Crippen LogP contribution in [0.1, 0.15) is 23.0 Å². The lowest BCUT2D eigenvalue weighted by Crippen LogP contribution is -2.06. The van der Waals surface area contributed by atoms with E-state index in [1.165, 1.54) is 0 Å². The van der Waals surface area contributed by atoms with E-state index in [1.54, 1.807) is 13.0 Å². The summed E-state index contributed by atoms with van der Waals surface area (Å²) in [7, 11) is 0. The molecule has 0 unspecified atom stereocenters. The Hall–Kier alpha value is -1.42. The molecule has 0 spiro atoms. The number of aromatic nitrogens is 1. The van der Waals surface area contributed by atoms with Gasteiger partial charge in [-0.25, -0.2) is 4.79 Å². The normalized spacial score (nSPS) is 10.5. The first-order chi connectivity index (χ1) is 8.11. The molecule has 0 fully saturated rings. The van der Waals surface area contributed by atoms with Gasteiger partial charge in [-0.1, -0.05) is 22.0 Å². The Morgan fingerprint density at radius 3 is 2.88 bits per heavy atom. The van der Waals surface area contributed by atoms with E-state index in [1.807, 2.05) is 25.1 Å². The first-order valence-electron chi connectivity index (χ1n) is 5.36. The fourth-order valence-corrected chi connectivity index (χ4v) is 2.06. The molecule has 0 aliphatic heterocycles. The molecule has 0 aliphatic carbocycles. The molecule has 1 heterocycles. The number of hydrogen-bond donors (Lipinski definition) is 0. The molecule has 0 bridgehead atoms. The summed E-state index contributed by atoms with van der Waals surface area (Å²) in [4.78, 5) is 16.2. The zero-order valence-electron chi connectivity index (χ0n) is 9.66. The van der Waals surface area contributed by atoms with Crippen molar-refractivity contribution in [3.05, 3.63) is 40.0 Å². The molecule has 0 radical (unpaired) electrons. The fourth-order valence-electron chi connectivity index (χ4n) is 1.71. The minimum atomic E-state index is -0.301. The molecule has 0 N–H and O–H groups in total. The summed E-state index contributed by atoms with van der Waals surface area (Å²) >= 11 is 3.39. The Labute approximate surface area is 108 Å². The number of rotatable bonds is 2. The van der Waals surface area contributed by atoms with Crippen LogP contribution in [0.3, 0.4) is 0 Å². The van der Waals surface area contributed by atoms with Crippen LogP contribution in [0.25, 0.3) is 10.9 Å². The molecule has 0 amide bonds. The highest BCUT2D eigenvalue weighted by Gasteiger charge is 2.12. The summed E-state index contributed by atoms with van der Waals surface area (Å²) in [6.07, 6.45) is 0. The van der Waals surface area contributed by atoms with E-state index in [9.17, 15) is 4.79 Å². The Kier molecular flexibility index (Phi) is 3.43. The smallest absolute Gasteiger partial charge is 0.338 e. The summed E-state index contributed by atoms with van der Waals surface area (Å²) < 4.78 is 5.99. The van der Waals surface area contributed by atoms with Crippen LogP contribution in [-0.2, 0) is 4.74 Å². The van der Waals surface area contributed by atoms with Gasteiger partial charge in [-0.15, -0.1) is 0 Å². The lowest BCUT2D eigenvalue weighted by molar-refractivity contribution is 0.0528. The third-order valence-corrected chi connectivity index (χ3v) is 2.89. The van der Waals surface area contributed by atoms with Crippen LogP contribution >= 0.6 is 15.9 Å². The summed E-state index contributed by atoms with van der Waals surface area (Å²) in [6, 6.07) is 7.42. The highest BCUT2D eigenvalue weighted by atomic mass is 79.9. The number of fused-ring (bicyclic) bond motifs is 1. The molecule has 0 saturated heterocycles. The Balaban J connectivity index is 2.65. The SMILES string of the molecule is CCOC(=O)c1cc(C)nc2cc(Br)ccc12. The Morgan fingerprint density at radius 1 is 1.41 bits per heavy atom. The highest BCUT2D eigenvalue weighted by Crippen LogP contribution is 2.23. The zero-order valence-corrected chi connectivity index (χ0v) is 11.2. The molecule has 2 aromatic rings. The van der Waals surface area contributed by atoms with Crippen molar-refractivity contribution in [2.45, 2.75) is 13.8 Å². The second-order valence-electron chi connectivity index (χ2n) is 3.69. The third-order valence-electron chi connectivity index (χ3n) is 2.40. The largest absolute Gasteiger partial charge is 0.462 e. The maximum Gasteiger partial charge on any atom is 0.338 e. The molecule has 3 nitrogen and oxygen atoms in total. The Morgan fingerprint density at radius 2 is 2.18 bits per heavy atom. The van der Waals surface area contributed by atoms with E-state index in [0.717, 1.165) is 21.1 Å². The molecule has 17 heavy (non-hydrogen) atoms. The van der Waals surface area contributed by atoms with E-state index in [0.29, 0.717) is 12.2 Å². The van der Waals surface area contributed by atoms with E-state index >= 15 is 0 Å². The molecular formula is C13H12BrNO2. The van der Waals surface area contributed by atoms with E-state index in [2.05, 4.69) is 20.9 Å². The van der Waals surface area contributed by atoms with Gasteiger partial charge < -0.3 is 4.74 Å². The molecule has 88 valence electrons. The number of pyridine rings is 1. The summed E-state index contributed by atoms with van der Waals surface area (Å²) in [5, 5.41) is 0.817. The van der Waals surface area contributed by atoms with E-state index in [4.69, 9.17) is 4.74 Å². The number of hydrogen-bond acceptors (Lipinski definition) is 3. The molecule has 1 aromatic heterocycles. The summed E-state index contributed by atoms with van der Waals surface area (Å²) in [6.45, 7) is 4.03. The maximum absolute atomic E-state index is 11.8. The van der Waals surface area contributed by atoms with Gasteiger partial charge in [0.1, 0.15) is 0 Å². The van der Waals surface area contributed by atoms with Gasteiger partial charge in [0.25, 0.3) is 0 Å². The van der Waals surface area contributed by atoms with Crippen molar-refractivity contribution in [2.75, 3.05) is 6.61 Å². The van der Waals surface area contributed by atoms with Gasteiger partial charge in [0, 0.05) is 15.6 Å². The fraction of sp³-hybridized carbons (Fsp3) is 0.231. The van der Waals surface area contributed by atoms with Gasteiger partial charge in [-0.2, -0.15) is 0 Å². The molecule has 0 atom stereocenters. The maximum atomic E-state index is 11.8. The minimum absolute atomic E-state index is 0.301. The van der Waals surface area contributed by atoms with E-state index in [-0.39, 0.29) is 5.97 Å². The van der Waals surface area contributed by atoms with Crippen molar-refractivity contribution in [1.29, 1.82) is 0 Å². The number of benzene rings is 1. The van der Waals surface area contributed by atoms with Crippen LogP contribution in [0, 0.1) is 6.92 Å². The average Bonchev–Trinajstić information content (AvgIpc) is 2.27. The van der Waals surface area contributed by atoms with Gasteiger partial charge in [-0.05, 0) is 32.0 Å². The minimum Gasteiger partial charge on any atom is -0.462 e. The predicted molar refractivity (Wildman–Crippen MR) is 70.1 cm³/mol. The predicted octanol–water partition coefficient (Wildman–Crippen LogP) is 3.48. The van der Waals surface area contributed by atoms with E-state index < -0.39 is 0 Å². The lowest BCUT2D eigenvalue weighted by atomic mass is 10.1. The number of halogens is 1. The number of aryl methyl sites for hydroxylation is 1. The lowest BCUT2D eigenvalue weighted by Gasteiger charge is -2.07. The number of carbonyl (C=O) groups is 1. The van der Waals surface area contributed by atoms with Gasteiger partial charge >= 0.3 is 5.97 Å². The standard InChI is InChI=1S/C13H12BrNO2/c1-3-17-13(16)11-6-8(2)15-12-7-9(14)4-5-10(11)12/h4-7H,3H2,1-2H3. The van der Waals surface area contributed by atoms with Crippen molar-refractivity contribution in [3.8, 4) is 0 Å². The quantitative estimate of drug-likeness (QED) is 0.796. The average molecular weight is 294 g/mol. The second kappa shape index (κ2) is 4.84. The molecule has 4 heteroatoms. The van der Waals surface area contributed by atoms with Crippen molar-refractivity contribution >= 4 is 32.8 Å². The molecular weight excluding hydrogens is 282 g/mol. The van der Waals surface area contributed by atoms with Crippen molar-refractivity contribution in [2.24, 2.45) is 0 Å².